The summed E-state index contributed by atoms with van der Waals surface area (Å²) in [6.07, 6.45) is 0.975. The maximum absolute atomic E-state index is 13.3. The first-order valence-electron chi connectivity index (χ1n) is 9.96. The van der Waals surface area contributed by atoms with Crippen LogP contribution in [-0.4, -0.2) is 50.0 Å². The first kappa shape index (κ1) is 25.6. The van der Waals surface area contributed by atoms with E-state index in [-0.39, 0.29) is 29.2 Å². The van der Waals surface area contributed by atoms with Gasteiger partial charge in [0.05, 0.1) is 17.0 Å². The number of hydrogen-bond acceptors (Lipinski definition) is 4. The van der Waals surface area contributed by atoms with E-state index in [1.165, 1.54) is 41.3 Å². The lowest BCUT2D eigenvalue weighted by molar-refractivity contribution is -0.139. The molecule has 0 bridgehead atoms. The lowest BCUT2D eigenvalue weighted by Gasteiger charge is -2.32. The van der Waals surface area contributed by atoms with Crippen LogP contribution in [0.4, 0.5) is 10.1 Å². The highest BCUT2D eigenvalue weighted by molar-refractivity contribution is 7.92. The first-order chi connectivity index (χ1) is 14.9. The first-order valence-corrected chi connectivity index (χ1v) is 12.2. The lowest BCUT2D eigenvalue weighted by Crippen LogP contribution is -2.52. The third kappa shape index (κ3) is 6.93. The second kappa shape index (κ2) is 10.8. The minimum Gasteiger partial charge on any atom is -0.352 e. The minimum atomic E-state index is -3.86. The van der Waals surface area contributed by atoms with E-state index in [2.05, 4.69) is 5.32 Å². The van der Waals surface area contributed by atoms with E-state index in [4.69, 9.17) is 11.6 Å². The van der Waals surface area contributed by atoms with Crippen molar-refractivity contribution in [1.29, 1.82) is 0 Å². The van der Waals surface area contributed by atoms with Gasteiger partial charge in [-0.05, 0) is 50.6 Å². The summed E-state index contributed by atoms with van der Waals surface area (Å²) in [6, 6.07) is 10.7. The van der Waals surface area contributed by atoms with Crippen LogP contribution in [0, 0.1) is 5.82 Å². The number of anilines is 1. The van der Waals surface area contributed by atoms with Gasteiger partial charge in [0.15, 0.2) is 0 Å². The fourth-order valence-corrected chi connectivity index (χ4v) is 4.17. The van der Waals surface area contributed by atoms with E-state index in [9.17, 15) is 22.4 Å². The summed E-state index contributed by atoms with van der Waals surface area (Å²) in [5.74, 6) is -1.43. The van der Waals surface area contributed by atoms with E-state index < -0.39 is 34.3 Å². The fourth-order valence-electron chi connectivity index (χ4n) is 3.02. The molecule has 2 aromatic carbocycles. The van der Waals surface area contributed by atoms with Gasteiger partial charge >= 0.3 is 0 Å². The molecule has 7 nitrogen and oxygen atoms in total. The summed E-state index contributed by atoms with van der Waals surface area (Å²) in [5, 5.41) is 2.92. The second-order valence-electron chi connectivity index (χ2n) is 7.71. The molecule has 1 N–H and O–H groups in total. The molecule has 0 aliphatic heterocycles. The predicted octanol–water partition coefficient (Wildman–Crippen LogP) is 3.19. The largest absolute Gasteiger partial charge is 0.352 e. The van der Waals surface area contributed by atoms with E-state index in [0.29, 0.717) is 5.56 Å². The van der Waals surface area contributed by atoms with Gasteiger partial charge in [0, 0.05) is 12.6 Å². The normalized spacial score (nSPS) is 12.3. The van der Waals surface area contributed by atoms with Gasteiger partial charge in [0.25, 0.3) is 0 Å². The Morgan fingerprint density at radius 1 is 1.06 bits per heavy atom. The topological polar surface area (TPSA) is 86.8 Å². The van der Waals surface area contributed by atoms with Crippen molar-refractivity contribution >= 4 is 39.1 Å². The maximum Gasteiger partial charge on any atom is 0.244 e. The van der Waals surface area contributed by atoms with Crippen molar-refractivity contribution < 1.29 is 22.4 Å². The molecule has 2 aromatic rings. The molecule has 2 rings (SSSR count). The molecule has 10 heteroatoms. The van der Waals surface area contributed by atoms with Gasteiger partial charge in [-0.25, -0.2) is 12.8 Å². The van der Waals surface area contributed by atoms with Gasteiger partial charge in [0.1, 0.15) is 18.4 Å². The number of halogens is 2. The Hall–Kier alpha value is -2.65. The SMILES string of the molecule is CC(C)NC(=O)[C@H](C)N(Cc1ccc(F)cc1)C(=O)CN(c1ccccc1Cl)S(C)(=O)=O. The number of para-hydroxylation sites is 1. The van der Waals surface area contributed by atoms with Gasteiger partial charge in [0.2, 0.25) is 21.8 Å². The monoisotopic (exact) mass is 483 g/mol. The van der Waals surface area contributed by atoms with Crippen LogP contribution < -0.4 is 9.62 Å². The maximum atomic E-state index is 13.3. The van der Waals surface area contributed by atoms with Crippen LogP contribution >= 0.6 is 11.6 Å². The summed E-state index contributed by atoms with van der Waals surface area (Å²) >= 11 is 6.17. The second-order valence-corrected chi connectivity index (χ2v) is 10.0. The summed E-state index contributed by atoms with van der Waals surface area (Å²) in [7, 11) is -3.86. The number of hydrogen-bond donors (Lipinski definition) is 1. The van der Waals surface area contributed by atoms with Crippen LogP contribution in [0.15, 0.2) is 48.5 Å². The highest BCUT2D eigenvalue weighted by Gasteiger charge is 2.30. The lowest BCUT2D eigenvalue weighted by atomic mass is 10.1. The Morgan fingerprint density at radius 2 is 1.66 bits per heavy atom. The third-order valence-corrected chi connectivity index (χ3v) is 6.11. The zero-order valence-corrected chi connectivity index (χ0v) is 20.0. The Kier molecular flexibility index (Phi) is 8.63. The van der Waals surface area contributed by atoms with Crippen LogP contribution in [0.2, 0.25) is 5.02 Å². The van der Waals surface area contributed by atoms with E-state index in [1.54, 1.807) is 32.9 Å². The summed E-state index contributed by atoms with van der Waals surface area (Å²) < 4.78 is 39.1. The van der Waals surface area contributed by atoms with Crippen LogP contribution in [0.5, 0.6) is 0 Å². The molecule has 0 aliphatic rings. The van der Waals surface area contributed by atoms with Crippen LogP contribution in [0.3, 0.4) is 0 Å². The molecular formula is C22H27ClFN3O4S. The van der Waals surface area contributed by atoms with Gasteiger partial charge in [-0.15, -0.1) is 0 Å². The Morgan fingerprint density at radius 3 is 2.19 bits per heavy atom. The zero-order valence-electron chi connectivity index (χ0n) is 18.4. The Labute approximate surface area is 193 Å². The summed E-state index contributed by atoms with van der Waals surface area (Å²) in [6.45, 7) is 4.58. The van der Waals surface area contributed by atoms with E-state index >= 15 is 0 Å². The third-order valence-electron chi connectivity index (χ3n) is 4.66. The molecule has 0 unspecified atom stereocenters. The number of rotatable bonds is 9. The van der Waals surface area contributed by atoms with Crippen molar-refractivity contribution in [3.8, 4) is 0 Å². The van der Waals surface area contributed by atoms with Crippen LogP contribution in [0.1, 0.15) is 26.3 Å². The standard InChI is InChI=1S/C22H27ClFN3O4S/c1-15(2)25-22(29)16(3)26(13-17-9-11-18(24)12-10-17)21(28)14-27(32(4,30)31)20-8-6-5-7-19(20)23/h5-12,15-16H,13-14H2,1-4H3,(H,25,29)/t16-/m0/s1. The zero-order chi connectivity index (χ0) is 24.1. The van der Waals surface area contributed by atoms with Crippen molar-refractivity contribution in [3.05, 3.63) is 64.9 Å². The van der Waals surface area contributed by atoms with Gasteiger partial charge < -0.3 is 10.2 Å². The number of benzene rings is 2. The average molecular weight is 484 g/mol. The molecule has 1 atom stereocenters. The van der Waals surface area contributed by atoms with Gasteiger partial charge in [-0.3, -0.25) is 13.9 Å². The summed E-state index contributed by atoms with van der Waals surface area (Å²) in [4.78, 5) is 27.2. The highest BCUT2D eigenvalue weighted by atomic mass is 35.5. The van der Waals surface area contributed by atoms with Crippen LogP contribution in [0.25, 0.3) is 0 Å². The molecular weight excluding hydrogens is 457 g/mol. The number of carbonyl (C=O) groups excluding carboxylic acids is 2. The number of amides is 2. The van der Waals surface area contributed by atoms with Crippen molar-refractivity contribution in [2.45, 2.75) is 39.4 Å². The summed E-state index contributed by atoms with van der Waals surface area (Å²) in [5.41, 5.74) is 0.749. The Bertz CT molecular complexity index is 1060. The molecule has 2 amide bonds. The Balaban J connectivity index is 2.39. The molecule has 0 saturated carbocycles. The van der Waals surface area contributed by atoms with Gasteiger partial charge in [-0.1, -0.05) is 35.9 Å². The fraction of sp³-hybridized carbons (Fsp3) is 0.364. The molecule has 0 heterocycles. The van der Waals surface area contributed by atoms with E-state index in [1.807, 2.05) is 0 Å². The van der Waals surface area contributed by atoms with Crippen molar-refractivity contribution in [2.24, 2.45) is 0 Å². The molecule has 0 saturated heterocycles. The van der Waals surface area contributed by atoms with Crippen molar-refractivity contribution in [3.63, 3.8) is 0 Å². The molecule has 0 radical (unpaired) electrons. The number of nitrogens with zero attached hydrogens (tertiary/aromatic N) is 2. The molecule has 0 fully saturated rings. The minimum absolute atomic E-state index is 0.00802. The predicted molar refractivity (Wildman–Crippen MR) is 123 cm³/mol. The molecule has 0 aromatic heterocycles. The van der Waals surface area contributed by atoms with Crippen molar-refractivity contribution in [2.75, 3.05) is 17.1 Å². The molecule has 0 aliphatic carbocycles. The van der Waals surface area contributed by atoms with Crippen LogP contribution in [-0.2, 0) is 26.2 Å². The highest BCUT2D eigenvalue weighted by Crippen LogP contribution is 2.27. The number of sulfonamides is 1. The molecule has 32 heavy (non-hydrogen) atoms. The number of carbonyl (C=O) groups is 2. The average Bonchev–Trinajstić information content (AvgIpc) is 2.70. The smallest absolute Gasteiger partial charge is 0.244 e. The number of nitrogens with one attached hydrogen (secondary N) is 1. The van der Waals surface area contributed by atoms with Gasteiger partial charge in [-0.2, -0.15) is 0 Å². The van der Waals surface area contributed by atoms with E-state index in [0.717, 1.165) is 10.6 Å². The molecule has 174 valence electrons. The molecule has 0 spiro atoms. The quantitative estimate of drug-likeness (QED) is 0.593. The van der Waals surface area contributed by atoms with Crippen molar-refractivity contribution in [1.82, 2.24) is 10.2 Å².